The molecule has 1 saturated heterocycles. The fraction of sp³-hybridized carbons (Fsp3) is 0.147. The Labute approximate surface area is 226 Å². The molecule has 0 radical (unpaired) electrons. The molecule has 0 saturated carbocycles. The highest BCUT2D eigenvalue weighted by Gasteiger charge is 2.70. The van der Waals surface area contributed by atoms with Crippen LogP contribution in [-0.2, 0) is 10.2 Å². The van der Waals surface area contributed by atoms with Gasteiger partial charge in [-0.3, -0.25) is 14.4 Å². The molecule has 3 aliphatic rings. The van der Waals surface area contributed by atoms with Gasteiger partial charge in [0, 0.05) is 22.5 Å². The van der Waals surface area contributed by atoms with E-state index in [0.717, 1.165) is 22.4 Å². The van der Waals surface area contributed by atoms with Crippen molar-refractivity contribution in [3.05, 3.63) is 137 Å². The van der Waals surface area contributed by atoms with Crippen LogP contribution in [0.3, 0.4) is 0 Å². The molecule has 3 heterocycles. The van der Waals surface area contributed by atoms with Gasteiger partial charge in [0.1, 0.15) is 11.5 Å². The lowest BCUT2D eigenvalue weighted by Crippen LogP contribution is -2.51. The number of benzene rings is 4. The monoisotopic (exact) mass is 510 g/mol. The molecule has 0 bridgehead atoms. The van der Waals surface area contributed by atoms with E-state index in [1.54, 1.807) is 24.3 Å². The number of carbonyl (C=O) groups excluding carboxylic acids is 3. The van der Waals surface area contributed by atoms with Crippen LogP contribution in [0.25, 0.3) is 6.08 Å². The second-order valence-electron chi connectivity index (χ2n) is 10.5. The van der Waals surface area contributed by atoms with Gasteiger partial charge in [-0.1, -0.05) is 103 Å². The summed E-state index contributed by atoms with van der Waals surface area (Å²) >= 11 is 0. The van der Waals surface area contributed by atoms with Gasteiger partial charge >= 0.3 is 0 Å². The van der Waals surface area contributed by atoms with Crippen LogP contribution >= 0.6 is 0 Å². The van der Waals surface area contributed by atoms with Gasteiger partial charge in [-0.2, -0.15) is 0 Å². The van der Waals surface area contributed by atoms with Gasteiger partial charge in [0.25, 0.3) is 0 Å². The van der Waals surface area contributed by atoms with Crippen molar-refractivity contribution in [1.29, 1.82) is 0 Å². The molecule has 4 atom stereocenters. The van der Waals surface area contributed by atoms with Crippen LogP contribution in [0.4, 0.5) is 11.4 Å². The van der Waals surface area contributed by atoms with Crippen molar-refractivity contribution in [2.75, 3.05) is 10.2 Å². The summed E-state index contributed by atoms with van der Waals surface area (Å²) in [7, 11) is 0. The van der Waals surface area contributed by atoms with Crippen LogP contribution in [0, 0.1) is 12.8 Å². The van der Waals surface area contributed by atoms with Gasteiger partial charge in [0.15, 0.2) is 11.6 Å². The number of hydrogen-bond donors (Lipinski definition) is 1. The van der Waals surface area contributed by atoms with E-state index >= 15 is 0 Å². The summed E-state index contributed by atoms with van der Waals surface area (Å²) in [5, 5.41) is 3.07. The van der Waals surface area contributed by atoms with Gasteiger partial charge in [0.05, 0.1) is 12.0 Å². The molecule has 3 aliphatic heterocycles. The largest absolute Gasteiger partial charge is 0.352 e. The molecular weight excluding hydrogens is 484 g/mol. The lowest BCUT2D eigenvalue weighted by molar-refractivity contribution is -0.121. The van der Waals surface area contributed by atoms with Crippen molar-refractivity contribution >= 4 is 34.9 Å². The van der Waals surface area contributed by atoms with E-state index in [4.69, 9.17) is 0 Å². The Balaban J connectivity index is 1.55. The summed E-state index contributed by atoms with van der Waals surface area (Å²) in [5.74, 6) is -1.60. The van der Waals surface area contributed by atoms with E-state index in [1.165, 1.54) is 0 Å². The first-order valence-electron chi connectivity index (χ1n) is 13.2. The van der Waals surface area contributed by atoms with Crippen LogP contribution in [0.5, 0.6) is 0 Å². The molecule has 4 aromatic rings. The van der Waals surface area contributed by atoms with Gasteiger partial charge in [-0.05, 0) is 36.2 Å². The summed E-state index contributed by atoms with van der Waals surface area (Å²) in [4.78, 5) is 45.5. The molecule has 5 nitrogen and oxygen atoms in total. The third-order valence-electron chi connectivity index (χ3n) is 8.46. The van der Waals surface area contributed by atoms with Crippen LogP contribution < -0.4 is 10.2 Å². The lowest BCUT2D eigenvalue weighted by atomic mass is 9.64. The Bertz CT molecular complexity index is 1680. The number of hydrogen-bond acceptors (Lipinski definition) is 4. The Kier molecular flexibility index (Phi) is 5.17. The minimum Gasteiger partial charge on any atom is -0.352 e. The van der Waals surface area contributed by atoms with Crippen molar-refractivity contribution in [2.24, 2.45) is 5.92 Å². The number of carbonyl (C=O) groups is 3. The number of Topliss-reactive ketones (excluding diaryl/α,β-unsaturated/α-hetero) is 2. The highest BCUT2D eigenvalue weighted by Crippen LogP contribution is 2.58. The molecular formula is C34H26N2O3. The maximum Gasteiger partial charge on any atom is 0.238 e. The minimum absolute atomic E-state index is 0.175. The zero-order valence-corrected chi connectivity index (χ0v) is 21.4. The summed E-state index contributed by atoms with van der Waals surface area (Å²) < 4.78 is 0. The van der Waals surface area contributed by atoms with Crippen molar-refractivity contribution in [2.45, 2.75) is 24.4 Å². The van der Waals surface area contributed by atoms with Gasteiger partial charge < -0.3 is 10.2 Å². The van der Waals surface area contributed by atoms with Crippen molar-refractivity contribution in [3.8, 4) is 0 Å². The van der Waals surface area contributed by atoms with Crippen molar-refractivity contribution in [1.82, 2.24) is 0 Å². The SMILES string of the molecule is Cc1ccc2c(c1)C=C[C@@H]1N2[C@@H](C(=O)c2ccccc2)[C@H](C(=O)c2ccccc2)[C@@]12C(=O)Nc1ccccc12. The third-order valence-corrected chi connectivity index (χ3v) is 8.46. The first-order valence-corrected chi connectivity index (χ1v) is 13.2. The molecule has 0 aromatic heterocycles. The van der Waals surface area contributed by atoms with Gasteiger partial charge in [-0.25, -0.2) is 0 Å². The number of amides is 1. The van der Waals surface area contributed by atoms with E-state index < -0.39 is 23.4 Å². The predicted molar refractivity (Wildman–Crippen MR) is 152 cm³/mol. The molecule has 190 valence electrons. The normalized spacial score (nSPS) is 24.2. The maximum atomic E-state index is 14.6. The van der Waals surface area contributed by atoms with E-state index in [0.29, 0.717) is 16.8 Å². The molecule has 4 aromatic carbocycles. The number of para-hydroxylation sites is 1. The number of ketones is 2. The number of fused-ring (bicyclic) bond motifs is 6. The van der Waals surface area contributed by atoms with Crippen molar-refractivity contribution < 1.29 is 14.4 Å². The summed E-state index contributed by atoms with van der Waals surface area (Å²) in [6, 6.07) is 30.3. The third kappa shape index (κ3) is 3.23. The summed E-state index contributed by atoms with van der Waals surface area (Å²) in [5.41, 5.74) is 4.05. The Morgan fingerprint density at radius 1 is 0.795 bits per heavy atom. The number of rotatable bonds is 4. The average molecular weight is 511 g/mol. The standard InChI is InChI=1S/C34H26N2O3/c1-21-16-18-27-24(20-21)17-19-28-34(25-14-8-9-15-26(25)35-33(34)39)29(31(37)22-10-4-2-5-11-22)30(36(27)28)32(38)23-12-6-3-7-13-23/h2-20,28-30H,1H3,(H,35,39)/t28-,29+,30+,34-/m0/s1. The second kappa shape index (κ2) is 8.63. The molecule has 0 aliphatic carbocycles. The molecule has 1 N–H and O–H groups in total. The smallest absolute Gasteiger partial charge is 0.238 e. The van der Waals surface area contributed by atoms with Crippen LogP contribution in [0.2, 0.25) is 0 Å². The van der Waals surface area contributed by atoms with Gasteiger partial charge in [0.2, 0.25) is 5.91 Å². The zero-order valence-electron chi connectivity index (χ0n) is 21.4. The number of nitrogens with zero attached hydrogens (tertiary/aromatic N) is 1. The Morgan fingerprint density at radius 3 is 2.15 bits per heavy atom. The minimum atomic E-state index is -1.29. The molecule has 0 unspecified atom stereocenters. The van der Waals surface area contributed by atoms with Gasteiger partial charge in [-0.15, -0.1) is 0 Å². The zero-order chi connectivity index (χ0) is 26.7. The highest BCUT2D eigenvalue weighted by molar-refractivity contribution is 6.18. The number of aryl methyl sites for hydroxylation is 1. The maximum absolute atomic E-state index is 14.6. The second-order valence-corrected chi connectivity index (χ2v) is 10.5. The Morgan fingerprint density at radius 2 is 1.44 bits per heavy atom. The number of anilines is 2. The fourth-order valence-electron chi connectivity index (χ4n) is 6.85. The lowest BCUT2D eigenvalue weighted by Gasteiger charge is -2.37. The molecule has 1 fully saturated rings. The quantitative estimate of drug-likeness (QED) is 0.350. The van der Waals surface area contributed by atoms with Crippen molar-refractivity contribution in [3.63, 3.8) is 0 Å². The summed E-state index contributed by atoms with van der Waals surface area (Å²) in [6.07, 6.45) is 4.03. The van der Waals surface area contributed by atoms with Crippen LogP contribution in [0.15, 0.2) is 109 Å². The molecule has 7 rings (SSSR count). The molecule has 39 heavy (non-hydrogen) atoms. The molecule has 1 spiro atoms. The fourth-order valence-corrected chi connectivity index (χ4v) is 6.85. The number of nitrogens with one attached hydrogen (secondary N) is 1. The first-order chi connectivity index (χ1) is 19.0. The van der Waals surface area contributed by atoms with E-state index in [-0.39, 0.29) is 17.5 Å². The van der Waals surface area contributed by atoms with Crippen LogP contribution in [0.1, 0.15) is 37.4 Å². The van der Waals surface area contributed by atoms with E-state index in [9.17, 15) is 14.4 Å². The predicted octanol–water partition coefficient (Wildman–Crippen LogP) is 5.85. The Hall–Kier alpha value is -4.77. The molecule has 5 heteroatoms. The first kappa shape index (κ1) is 23.4. The average Bonchev–Trinajstić information content (AvgIpc) is 3.45. The molecule has 1 amide bonds. The van der Waals surface area contributed by atoms with Crippen LogP contribution in [-0.4, -0.2) is 29.6 Å². The summed E-state index contributed by atoms with van der Waals surface area (Å²) in [6.45, 7) is 2.03. The highest BCUT2D eigenvalue weighted by atomic mass is 16.2. The topological polar surface area (TPSA) is 66.5 Å². The van der Waals surface area contributed by atoms with E-state index in [2.05, 4.69) is 11.4 Å². The van der Waals surface area contributed by atoms with E-state index in [1.807, 2.05) is 96.8 Å².